The maximum atomic E-state index is 12.3. The first kappa shape index (κ1) is 14.9. The number of ether oxygens (including phenoxy) is 2. The van der Waals surface area contributed by atoms with Crippen LogP contribution < -0.4 is 10.1 Å². The van der Waals surface area contributed by atoms with Crippen LogP contribution in [0.3, 0.4) is 0 Å². The lowest BCUT2D eigenvalue weighted by Gasteiger charge is -2.24. The Morgan fingerprint density at radius 3 is 2.91 bits per heavy atom. The highest BCUT2D eigenvalue weighted by atomic mass is 19.3. The molecule has 1 saturated heterocycles. The number of aromatic nitrogens is 1. The summed E-state index contributed by atoms with van der Waals surface area (Å²) < 4.78 is 34.4. The van der Waals surface area contributed by atoms with E-state index in [9.17, 15) is 8.78 Å². The summed E-state index contributed by atoms with van der Waals surface area (Å²) in [4.78, 5) is 3.96. The summed E-state index contributed by atoms with van der Waals surface area (Å²) >= 11 is 0. The molecule has 6 heteroatoms. The number of benzene rings is 1. The van der Waals surface area contributed by atoms with E-state index >= 15 is 0 Å². The standard InChI is InChI=1S/C16H16F2N2O2/c17-16(18)22-14-7-13(8-19-9-14)11-2-1-3-12(6-11)15-10-21-5-4-20-15/h1-3,6-9,15-16,20H,4-5,10H2. The Bertz CT molecular complexity index is 631. The Balaban J connectivity index is 1.85. The maximum absolute atomic E-state index is 12.3. The monoisotopic (exact) mass is 306 g/mol. The molecule has 2 aromatic rings. The molecular formula is C16H16F2N2O2. The third kappa shape index (κ3) is 3.58. The zero-order valence-electron chi connectivity index (χ0n) is 11.8. The van der Waals surface area contributed by atoms with E-state index < -0.39 is 6.61 Å². The van der Waals surface area contributed by atoms with E-state index in [-0.39, 0.29) is 11.8 Å². The molecule has 1 fully saturated rings. The van der Waals surface area contributed by atoms with Crippen molar-refractivity contribution >= 4 is 0 Å². The molecule has 0 radical (unpaired) electrons. The predicted molar refractivity (Wildman–Crippen MR) is 77.9 cm³/mol. The number of morpholine rings is 1. The minimum Gasteiger partial charge on any atom is -0.433 e. The summed E-state index contributed by atoms with van der Waals surface area (Å²) in [6.45, 7) is -0.704. The summed E-state index contributed by atoms with van der Waals surface area (Å²) in [5.41, 5.74) is 2.73. The number of nitrogens with one attached hydrogen (secondary N) is 1. The first-order chi connectivity index (χ1) is 10.7. The SMILES string of the molecule is FC(F)Oc1cncc(-c2cccc(C3COCCN3)c2)c1. The Kier molecular flexibility index (Phi) is 4.60. The van der Waals surface area contributed by atoms with Crippen molar-refractivity contribution in [2.75, 3.05) is 19.8 Å². The van der Waals surface area contributed by atoms with E-state index in [0.717, 1.165) is 23.2 Å². The molecule has 22 heavy (non-hydrogen) atoms. The molecule has 0 aliphatic carbocycles. The van der Waals surface area contributed by atoms with Gasteiger partial charge in [-0.3, -0.25) is 4.98 Å². The van der Waals surface area contributed by atoms with Gasteiger partial charge < -0.3 is 14.8 Å². The maximum Gasteiger partial charge on any atom is 0.387 e. The average molecular weight is 306 g/mol. The molecule has 0 saturated carbocycles. The van der Waals surface area contributed by atoms with E-state index in [1.807, 2.05) is 24.3 Å². The highest BCUT2D eigenvalue weighted by molar-refractivity contribution is 5.64. The summed E-state index contributed by atoms with van der Waals surface area (Å²) in [5, 5.41) is 3.39. The zero-order valence-corrected chi connectivity index (χ0v) is 11.8. The molecular weight excluding hydrogens is 290 g/mol. The van der Waals surface area contributed by atoms with E-state index in [4.69, 9.17) is 4.74 Å². The van der Waals surface area contributed by atoms with Crippen molar-refractivity contribution < 1.29 is 18.3 Å². The van der Waals surface area contributed by atoms with E-state index in [2.05, 4.69) is 15.0 Å². The second kappa shape index (κ2) is 6.81. The van der Waals surface area contributed by atoms with Crippen molar-refractivity contribution in [1.82, 2.24) is 10.3 Å². The smallest absolute Gasteiger partial charge is 0.387 e. The summed E-state index contributed by atoms with van der Waals surface area (Å²) in [7, 11) is 0. The average Bonchev–Trinajstić information content (AvgIpc) is 2.55. The summed E-state index contributed by atoms with van der Waals surface area (Å²) in [6.07, 6.45) is 2.90. The number of halogens is 2. The van der Waals surface area contributed by atoms with Gasteiger partial charge in [0.15, 0.2) is 0 Å². The zero-order chi connectivity index (χ0) is 15.4. The van der Waals surface area contributed by atoms with Crippen LogP contribution in [0.25, 0.3) is 11.1 Å². The van der Waals surface area contributed by atoms with Crippen molar-refractivity contribution in [1.29, 1.82) is 0 Å². The highest BCUT2D eigenvalue weighted by Crippen LogP contribution is 2.26. The van der Waals surface area contributed by atoms with Gasteiger partial charge in [-0.2, -0.15) is 8.78 Å². The van der Waals surface area contributed by atoms with Crippen LogP contribution in [0.1, 0.15) is 11.6 Å². The Morgan fingerprint density at radius 1 is 1.23 bits per heavy atom. The number of pyridine rings is 1. The molecule has 1 unspecified atom stereocenters. The fourth-order valence-corrected chi connectivity index (χ4v) is 2.46. The van der Waals surface area contributed by atoms with Gasteiger partial charge in [0.05, 0.1) is 25.5 Å². The van der Waals surface area contributed by atoms with Crippen molar-refractivity contribution in [2.24, 2.45) is 0 Å². The van der Waals surface area contributed by atoms with Gasteiger partial charge >= 0.3 is 6.61 Å². The van der Waals surface area contributed by atoms with Crippen LogP contribution in [0, 0.1) is 0 Å². The predicted octanol–water partition coefficient (Wildman–Crippen LogP) is 3.01. The normalized spacial score (nSPS) is 18.4. The van der Waals surface area contributed by atoms with Gasteiger partial charge in [-0.25, -0.2) is 0 Å². The Morgan fingerprint density at radius 2 is 2.14 bits per heavy atom. The van der Waals surface area contributed by atoms with E-state index in [0.29, 0.717) is 13.2 Å². The molecule has 0 amide bonds. The minimum absolute atomic E-state index is 0.0528. The third-order valence-electron chi connectivity index (χ3n) is 3.48. The van der Waals surface area contributed by atoms with Gasteiger partial charge in [-0.05, 0) is 23.3 Å². The molecule has 0 bridgehead atoms. The van der Waals surface area contributed by atoms with E-state index in [1.165, 1.54) is 6.20 Å². The number of nitrogens with zero attached hydrogens (tertiary/aromatic N) is 1. The molecule has 1 aliphatic heterocycles. The molecule has 1 aliphatic rings. The molecule has 3 rings (SSSR count). The van der Waals surface area contributed by atoms with Crippen LogP contribution in [0.15, 0.2) is 42.7 Å². The molecule has 0 spiro atoms. The molecule has 1 aromatic carbocycles. The van der Waals surface area contributed by atoms with Crippen molar-refractivity contribution in [2.45, 2.75) is 12.7 Å². The lowest BCUT2D eigenvalue weighted by molar-refractivity contribution is -0.0500. The largest absolute Gasteiger partial charge is 0.433 e. The second-order valence-corrected chi connectivity index (χ2v) is 4.99. The number of hydrogen-bond acceptors (Lipinski definition) is 4. The number of rotatable bonds is 4. The molecule has 4 nitrogen and oxygen atoms in total. The first-order valence-electron chi connectivity index (χ1n) is 7.04. The highest BCUT2D eigenvalue weighted by Gasteiger charge is 2.15. The van der Waals surface area contributed by atoms with Gasteiger partial charge in [0.1, 0.15) is 5.75 Å². The lowest BCUT2D eigenvalue weighted by atomic mass is 10.0. The van der Waals surface area contributed by atoms with Crippen molar-refractivity contribution in [3.63, 3.8) is 0 Å². The Hall–Kier alpha value is -2.05. The molecule has 2 heterocycles. The fraction of sp³-hybridized carbons (Fsp3) is 0.312. The lowest BCUT2D eigenvalue weighted by Crippen LogP contribution is -2.34. The molecule has 1 atom stereocenters. The Labute approximate surface area is 127 Å². The van der Waals surface area contributed by atoms with Crippen LogP contribution in [0.4, 0.5) is 8.78 Å². The van der Waals surface area contributed by atoms with E-state index in [1.54, 1.807) is 12.3 Å². The molecule has 1 aromatic heterocycles. The second-order valence-electron chi connectivity index (χ2n) is 4.99. The van der Waals surface area contributed by atoms with Gasteiger partial charge in [-0.15, -0.1) is 0 Å². The van der Waals surface area contributed by atoms with Crippen molar-refractivity contribution in [3.8, 4) is 16.9 Å². The summed E-state index contributed by atoms with van der Waals surface area (Å²) in [6, 6.07) is 9.57. The van der Waals surface area contributed by atoms with Crippen molar-refractivity contribution in [3.05, 3.63) is 48.3 Å². The van der Waals surface area contributed by atoms with Crippen LogP contribution in [-0.4, -0.2) is 31.4 Å². The first-order valence-corrected chi connectivity index (χ1v) is 7.04. The third-order valence-corrected chi connectivity index (χ3v) is 3.48. The topological polar surface area (TPSA) is 43.4 Å². The molecule has 1 N–H and O–H groups in total. The number of hydrogen-bond donors (Lipinski definition) is 1. The quantitative estimate of drug-likeness (QED) is 0.943. The minimum atomic E-state index is -2.85. The fourth-order valence-electron chi connectivity index (χ4n) is 2.46. The van der Waals surface area contributed by atoms with Crippen LogP contribution in [-0.2, 0) is 4.74 Å². The van der Waals surface area contributed by atoms with Crippen LogP contribution in [0.5, 0.6) is 5.75 Å². The van der Waals surface area contributed by atoms with Crippen LogP contribution in [0.2, 0.25) is 0 Å². The summed E-state index contributed by atoms with van der Waals surface area (Å²) in [5.74, 6) is 0.0528. The van der Waals surface area contributed by atoms with Gasteiger partial charge in [0.25, 0.3) is 0 Å². The van der Waals surface area contributed by atoms with Gasteiger partial charge in [-0.1, -0.05) is 18.2 Å². The van der Waals surface area contributed by atoms with Crippen LogP contribution >= 0.6 is 0 Å². The molecule has 116 valence electrons. The van der Waals surface area contributed by atoms with Gasteiger partial charge in [0.2, 0.25) is 0 Å². The number of alkyl halides is 2. The van der Waals surface area contributed by atoms with Gasteiger partial charge in [0, 0.05) is 18.3 Å².